The lowest BCUT2D eigenvalue weighted by Gasteiger charge is -2.17. The van der Waals surface area contributed by atoms with E-state index in [0.29, 0.717) is 12.1 Å². The number of nitriles is 1. The molecular formula is C12H8F5NO3. The van der Waals surface area contributed by atoms with Gasteiger partial charge in [0.15, 0.2) is 5.75 Å². The Labute approximate surface area is 115 Å². The lowest BCUT2D eigenvalue weighted by molar-refractivity contribution is -0.138. The molecule has 0 fully saturated rings. The number of hydrogen-bond donors (Lipinski definition) is 0. The van der Waals surface area contributed by atoms with Crippen LogP contribution in [0.1, 0.15) is 28.4 Å². The van der Waals surface area contributed by atoms with Gasteiger partial charge in [0.1, 0.15) is 11.6 Å². The Morgan fingerprint density at radius 2 is 2.00 bits per heavy atom. The summed E-state index contributed by atoms with van der Waals surface area (Å²) in [5, 5.41) is 8.75. The molecule has 0 N–H and O–H groups in total. The molecule has 1 aromatic rings. The van der Waals surface area contributed by atoms with Crippen LogP contribution in [0, 0.1) is 11.3 Å². The van der Waals surface area contributed by atoms with Crippen molar-refractivity contribution in [1.29, 1.82) is 5.26 Å². The van der Waals surface area contributed by atoms with Crippen molar-refractivity contribution in [3.63, 3.8) is 0 Å². The molecule has 4 nitrogen and oxygen atoms in total. The van der Waals surface area contributed by atoms with Gasteiger partial charge in [0.2, 0.25) is 0 Å². The molecule has 114 valence electrons. The summed E-state index contributed by atoms with van der Waals surface area (Å²) in [4.78, 5) is 11.6. The third kappa shape index (κ3) is 3.81. The molecule has 0 aromatic heterocycles. The molecule has 0 unspecified atom stereocenters. The standard InChI is InChI=1S/C12H8F5NO3/c1-2-20-10(19)8-7(12(15,16)17)4-3-6(5-18)9(8)21-11(13)14/h3-4,11H,2H2,1H3. The maximum Gasteiger partial charge on any atom is 0.417 e. The van der Waals surface area contributed by atoms with Crippen molar-refractivity contribution in [2.75, 3.05) is 6.61 Å². The van der Waals surface area contributed by atoms with Crippen LogP contribution in [0.4, 0.5) is 22.0 Å². The van der Waals surface area contributed by atoms with Crippen molar-refractivity contribution < 1.29 is 36.2 Å². The van der Waals surface area contributed by atoms with Crippen LogP contribution in [0.2, 0.25) is 0 Å². The Bertz CT molecular complexity index is 577. The van der Waals surface area contributed by atoms with E-state index >= 15 is 0 Å². The molecule has 0 bridgehead atoms. The van der Waals surface area contributed by atoms with Gasteiger partial charge in [-0.1, -0.05) is 0 Å². The molecule has 0 aliphatic heterocycles. The molecular weight excluding hydrogens is 301 g/mol. The van der Waals surface area contributed by atoms with Crippen LogP contribution >= 0.6 is 0 Å². The number of hydrogen-bond acceptors (Lipinski definition) is 4. The zero-order valence-electron chi connectivity index (χ0n) is 10.5. The SMILES string of the molecule is CCOC(=O)c1c(C(F)(F)F)ccc(C#N)c1OC(F)F. The average molecular weight is 309 g/mol. The van der Waals surface area contributed by atoms with Gasteiger partial charge in [0.05, 0.1) is 17.7 Å². The van der Waals surface area contributed by atoms with Gasteiger partial charge in [-0.2, -0.15) is 27.2 Å². The fourth-order valence-corrected chi connectivity index (χ4v) is 1.52. The number of rotatable bonds is 4. The highest BCUT2D eigenvalue weighted by molar-refractivity contribution is 5.95. The number of carbonyl (C=O) groups excluding carboxylic acids is 1. The number of alkyl halides is 5. The minimum atomic E-state index is -5.00. The maximum atomic E-state index is 12.9. The number of halogens is 5. The summed E-state index contributed by atoms with van der Waals surface area (Å²) in [6.45, 7) is -2.46. The maximum absolute atomic E-state index is 12.9. The van der Waals surface area contributed by atoms with Crippen LogP contribution in [-0.4, -0.2) is 19.2 Å². The molecule has 0 aliphatic rings. The van der Waals surface area contributed by atoms with Crippen LogP contribution in [0.3, 0.4) is 0 Å². The molecule has 1 aromatic carbocycles. The molecule has 0 saturated carbocycles. The van der Waals surface area contributed by atoms with E-state index in [0.717, 1.165) is 0 Å². The summed E-state index contributed by atoms with van der Waals surface area (Å²) < 4.78 is 71.6. The molecule has 0 atom stereocenters. The third-order valence-corrected chi connectivity index (χ3v) is 2.27. The van der Waals surface area contributed by atoms with Crippen molar-refractivity contribution in [2.24, 2.45) is 0 Å². The van der Waals surface area contributed by atoms with Crippen LogP contribution in [0.25, 0.3) is 0 Å². The van der Waals surface area contributed by atoms with E-state index in [-0.39, 0.29) is 6.61 Å². The van der Waals surface area contributed by atoms with Gasteiger partial charge in [-0.25, -0.2) is 4.79 Å². The van der Waals surface area contributed by atoms with Crippen LogP contribution in [-0.2, 0) is 10.9 Å². The van der Waals surface area contributed by atoms with Gasteiger partial charge in [0.25, 0.3) is 0 Å². The summed E-state index contributed by atoms with van der Waals surface area (Å²) in [5.74, 6) is -2.65. The van der Waals surface area contributed by atoms with Gasteiger partial charge >= 0.3 is 18.8 Å². The van der Waals surface area contributed by atoms with Crippen LogP contribution < -0.4 is 4.74 Å². The Kier molecular flexibility index (Phi) is 5.07. The van der Waals surface area contributed by atoms with E-state index in [4.69, 9.17) is 5.26 Å². The van der Waals surface area contributed by atoms with Gasteiger partial charge < -0.3 is 9.47 Å². The fourth-order valence-electron chi connectivity index (χ4n) is 1.52. The predicted molar refractivity (Wildman–Crippen MR) is 58.7 cm³/mol. The number of carbonyl (C=O) groups is 1. The van der Waals surface area contributed by atoms with Crippen molar-refractivity contribution in [1.82, 2.24) is 0 Å². The van der Waals surface area contributed by atoms with E-state index in [1.165, 1.54) is 13.0 Å². The molecule has 21 heavy (non-hydrogen) atoms. The molecule has 0 radical (unpaired) electrons. The molecule has 1 rings (SSSR count). The van der Waals surface area contributed by atoms with E-state index in [1.807, 2.05) is 0 Å². The zero-order chi connectivity index (χ0) is 16.2. The quantitative estimate of drug-likeness (QED) is 0.632. The van der Waals surface area contributed by atoms with E-state index in [2.05, 4.69) is 9.47 Å². The second kappa shape index (κ2) is 6.39. The monoisotopic (exact) mass is 309 g/mol. The minimum Gasteiger partial charge on any atom is -0.462 e. The highest BCUT2D eigenvalue weighted by Crippen LogP contribution is 2.38. The van der Waals surface area contributed by atoms with E-state index in [9.17, 15) is 26.7 Å². The largest absolute Gasteiger partial charge is 0.462 e. The van der Waals surface area contributed by atoms with Crippen molar-refractivity contribution in [2.45, 2.75) is 19.7 Å². The van der Waals surface area contributed by atoms with E-state index in [1.54, 1.807) is 0 Å². The van der Waals surface area contributed by atoms with E-state index < -0.39 is 41.2 Å². The van der Waals surface area contributed by atoms with Gasteiger partial charge in [-0.15, -0.1) is 0 Å². The minimum absolute atomic E-state index is 0.277. The Morgan fingerprint density at radius 3 is 2.43 bits per heavy atom. The number of esters is 1. The summed E-state index contributed by atoms with van der Waals surface area (Å²) in [6, 6.07) is 2.46. The fraction of sp³-hybridized carbons (Fsp3) is 0.333. The third-order valence-electron chi connectivity index (χ3n) is 2.27. The molecule has 0 saturated heterocycles. The van der Waals surface area contributed by atoms with Crippen molar-refractivity contribution in [3.05, 3.63) is 28.8 Å². The van der Waals surface area contributed by atoms with Gasteiger partial charge in [-0.3, -0.25) is 0 Å². The normalized spacial score (nSPS) is 11.1. The summed E-state index contributed by atoms with van der Waals surface area (Å²) in [6.07, 6.45) is -5.00. The topological polar surface area (TPSA) is 59.3 Å². The molecule has 9 heteroatoms. The molecule has 0 heterocycles. The highest BCUT2D eigenvalue weighted by Gasteiger charge is 2.39. The number of benzene rings is 1. The zero-order valence-corrected chi connectivity index (χ0v) is 10.5. The Hall–Kier alpha value is -2.37. The van der Waals surface area contributed by atoms with Crippen molar-refractivity contribution in [3.8, 4) is 11.8 Å². The predicted octanol–water partition coefficient (Wildman–Crippen LogP) is 3.36. The number of nitrogens with zero attached hydrogens (tertiary/aromatic N) is 1. The Morgan fingerprint density at radius 1 is 1.38 bits per heavy atom. The molecule has 0 spiro atoms. The van der Waals surface area contributed by atoms with Crippen LogP contribution in [0.15, 0.2) is 12.1 Å². The lowest BCUT2D eigenvalue weighted by atomic mass is 10.0. The first-order valence-corrected chi connectivity index (χ1v) is 5.48. The first-order chi connectivity index (χ1) is 9.72. The molecule has 0 aliphatic carbocycles. The lowest BCUT2D eigenvalue weighted by Crippen LogP contribution is -2.19. The second-order valence-electron chi connectivity index (χ2n) is 3.57. The Balaban J connectivity index is 3.63. The first kappa shape index (κ1) is 16.7. The molecule has 0 amide bonds. The van der Waals surface area contributed by atoms with Gasteiger partial charge in [0, 0.05) is 0 Å². The smallest absolute Gasteiger partial charge is 0.417 e. The van der Waals surface area contributed by atoms with Crippen LogP contribution in [0.5, 0.6) is 5.75 Å². The van der Waals surface area contributed by atoms with Gasteiger partial charge in [-0.05, 0) is 19.1 Å². The summed E-state index contributed by atoms with van der Waals surface area (Å²) in [7, 11) is 0. The first-order valence-electron chi connectivity index (χ1n) is 5.48. The number of ether oxygens (including phenoxy) is 2. The summed E-state index contributed by atoms with van der Waals surface area (Å²) in [5.41, 5.74) is -3.40. The highest BCUT2D eigenvalue weighted by atomic mass is 19.4. The average Bonchev–Trinajstić information content (AvgIpc) is 2.36. The van der Waals surface area contributed by atoms with Crippen molar-refractivity contribution >= 4 is 5.97 Å². The summed E-state index contributed by atoms with van der Waals surface area (Å²) >= 11 is 0. The second-order valence-corrected chi connectivity index (χ2v) is 3.57.